The van der Waals surface area contributed by atoms with Gasteiger partial charge in [-0.25, -0.2) is 13.6 Å². The van der Waals surface area contributed by atoms with E-state index in [1.54, 1.807) is 30.0 Å². The third-order valence-corrected chi connectivity index (χ3v) is 4.28. The number of hydrogen-bond donors (Lipinski definition) is 2. The smallest absolute Gasteiger partial charge is 0.319 e. The molecule has 122 valence electrons. The minimum absolute atomic E-state index is 0.0377. The number of nitrogens with one attached hydrogen (secondary N) is 2. The first-order valence-corrected chi connectivity index (χ1v) is 8.30. The Bertz CT molecular complexity index is 668. The number of rotatable bonds is 6. The lowest BCUT2D eigenvalue weighted by Crippen LogP contribution is -2.30. The maximum atomic E-state index is 13.6. The zero-order valence-electron chi connectivity index (χ0n) is 12.1. The van der Waals surface area contributed by atoms with Gasteiger partial charge in [-0.05, 0) is 48.6 Å². The van der Waals surface area contributed by atoms with Crippen LogP contribution in [-0.4, -0.2) is 18.3 Å². The van der Waals surface area contributed by atoms with Crippen molar-refractivity contribution in [2.45, 2.75) is 11.3 Å². The number of urea groups is 1. The summed E-state index contributed by atoms with van der Waals surface area (Å²) < 4.78 is 26.4. The molecule has 2 aromatic carbocycles. The maximum absolute atomic E-state index is 13.6. The van der Waals surface area contributed by atoms with E-state index in [-0.39, 0.29) is 16.5 Å². The Morgan fingerprint density at radius 3 is 2.61 bits per heavy atom. The zero-order chi connectivity index (χ0) is 16.7. The van der Waals surface area contributed by atoms with E-state index in [2.05, 4.69) is 10.6 Å². The van der Waals surface area contributed by atoms with Crippen LogP contribution in [0.1, 0.15) is 6.42 Å². The van der Waals surface area contributed by atoms with Crippen LogP contribution in [0, 0.1) is 11.6 Å². The molecule has 2 rings (SSSR count). The van der Waals surface area contributed by atoms with Gasteiger partial charge in [-0.1, -0.05) is 17.7 Å². The highest BCUT2D eigenvalue weighted by Crippen LogP contribution is 2.22. The fourth-order valence-corrected chi connectivity index (χ4v) is 2.79. The first-order chi connectivity index (χ1) is 11.1. The highest BCUT2D eigenvalue weighted by Gasteiger charge is 2.08. The first-order valence-electron chi connectivity index (χ1n) is 6.93. The summed E-state index contributed by atoms with van der Waals surface area (Å²) in [6, 6.07) is 10.2. The largest absolute Gasteiger partial charge is 0.338 e. The second kappa shape index (κ2) is 8.74. The van der Waals surface area contributed by atoms with Gasteiger partial charge in [0.2, 0.25) is 0 Å². The lowest BCUT2D eigenvalue weighted by molar-refractivity contribution is 0.252. The molecule has 0 atom stereocenters. The fraction of sp³-hybridized carbons (Fsp3) is 0.188. The van der Waals surface area contributed by atoms with Crippen LogP contribution in [0.3, 0.4) is 0 Å². The molecule has 0 aliphatic carbocycles. The lowest BCUT2D eigenvalue weighted by atomic mass is 10.3. The minimum atomic E-state index is -0.656. The van der Waals surface area contributed by atoms with Crippen molar-refractivity contribution >= 4 is 35.1 Å². The molecule has 0 spiro atoms. The van der Waals surface area contributed by atoms with Crippen molar-refractivity contribution in [1.82, 2.24) is 5.32 Å². The standard InChI is InChI=1S/C16H15ClF2N2OS/c17-13-3-1-4-14(15(13)19)21-16(22)20-9-2-10-23-12-7-5-11(18)6-8-12/h1,3-8H,2,9-10H2,(H2,20,21,22). The molecule has 0 saturated heterocycles. The molecule has 0 saturated carbocycles. The van der Waals surface area contributed by atoms with E-state index in [1.807, 2.05) is 0 Å². The van der Waals surface area contributed by atoms with E-state index in [1.165, 1.54) is 24.3 Å². The Morgan fingerprint density at radius 2 is 1.87 bits per heavy atom. The van der Waals surface area contributed by atoms with Crippen LogP contribution in [0.25, 0.3) is 0 Å². The van der Waals surface area contributed by atoms with Crippen molar-refractivity contribution in [2.75, 3.05) is 17.6 Å². The summed E-state index contributed by atoms with van der Waals surface area (Å²) in [5.41, 5.74) is 0.0377. The highest BCUT2D eigenvalue weighted by atomic mass is 35.5. The third kappa shape index (κ3) is 5.73. The molecular weight excluding hydrogens is 342 g/mol. The van der Waals surface area contributed by atoms with E-state index >= 15 is 0 Å². The minimum Gasteiger partial charge on any atom is -0.338 e. The van der Waals surface area contributed by atoms with E-state index in [9.17, 15) is 13.6 Å². The molecule has 0 aromatic heterocycles. The second-order valence-electron chi connectivity index (χ2n) is 4.64. The van der Waals surface area contributed by atoms with Crippen LogP contribution in [0.2, 0.25) is 5.02 Å². The summed E-state index contributed by atoms with van der Waals surface area (Å²) in [5.74, 6) is -0.144. The molecule has 0 aliphatic heterocycles. The van der Waals surface area contributed by atoms with Crippen LogP contribution >= 0.6 is 23.4 Å². The average molecular weight is 357 g/mol. The average Bonchev–Trinajstić information content (AvgIpc) is 2.53. The summed E-state index contributed by atoms with van der Waals surface area (Å²) in [6.45, 7) is 0.447. The van der Waals surface area contributed by atoms with Crippen molar-refractivity contribution in [3.8, 4) is 0 Å². The Kier molecular flexibility index (Phi) is 6.67. The van der Waals surface area contributed by atoms with Crippen LogP contribution < -0.4 is 10.6 Å². The Labute approximate surface area is 142 Å². The highest BCUT2D eigenvalue weighted by molar-refractivity contribution is 7.99. The van der Waals surface area contributed by atoms with E-state index in [0.29, 0.717) is 6.54 Å². The Morgan fingerprint density at radius 1 is 1.13 bits per heavy atom. The topological polar surface area (TPSA) is 41.1 Å². The van der Waals surface area contributed by atoms with Gasteiger partial charge in [0.05, 0.1) is 10.7 Å². The van der Waals surface area contributed by atoms with Crippen molar-refractivity contribution in [2.24, 2.45) is 0 Å². The molecule has 2 aromatic rings. The molecule has 0 fully saturated rings. The van der Waals surface area contributed by atoms with Gasteiger partial charge in [0, 0.05) is 11.4 Å². The summed E-state index contributed by atoms with van der Waals surface area (Å²) >= 11 is 7.21. The monoisotopic (exact) mass is 356 g/mol. The lowest BCUT2D eigenvalue weighted by Gasteiger charge is -2.09. The van der Waals surface area contributed by atoms with Gasteiger partial charge >= 0.3 is 6.03 Å². The Balaban J connectivity index is 1.67. The SMILES string of the molecule is O=C(NCCCSc1ccc(F)cc1)Nc1cccc(Cl)c1F. The summed E-state index contributed by atoms with van der Waals surface area (Å²) in [7, 11) is 0. The number of amides is 2. The van der Waals surface area contributed by atoms with Gasteiger partial charge in [-0.15, -0.1) is 11.8 Å². The third-order valence-electron chi connectivity index (χ3n) is 2.89. The predicted molar refractivity (Wildman–Crippen MR) is 90.2 cm³/mol. The number of benzene rings is 2. The molecule has 7 heteroatoms. The molecule has 0 bridgehead atoms. The normalized spacial score (nSPS) is 10.4. The number of anilines is 1. The number of carbonyl (C=O) groups is 1. The van der Waals surface area contributed by atoms with Crippen LogP contribution in [0.4, 0.5) is 19.3 Å². The molecule has 0 aliphatic rings. The predicted octanol–water partition coefficient (Wildman–Crippen LogP) is 4.92. The molecule has 0 heterocycles. The molecule has 3 nitrogen and oxygen atoms in total. The van der Waals surface area contributed by atoms with Gasteiger partial charge in [-0.3, -0.25) is 0 Å². The quantitative estimate of drug-likeness (QED) is 0.569. The van der Waals surface area contributed by atoms with E-state index in [0.717, 1.165) is 17.1 Å². The van der Waals surface area contributed by atoms with Crippen LogP contribution in [-0.2, 0) is 0 Å². The Hall–Kier alpha value is -1.79. The summed E-state index contributed by atoms with van der Waals surface area (Å²) in [6.07, 6.45) is 0.730. The van der Waals surface area contributed by atoms with E-state index < -0.39 is 11.8 Å². The van der Waals surface area contributed by atoms with Gasteiger partial charge in [0.25, 0.3) is 0 Å². The van der Waals surface area contributed by atoms with Gasteiger partial charge in [0.15, 0.2) is 5.82 Å². The molecule has 0 unspecified atom stereocenters. The maximum Gasteiger partial charge on any atom is 0.319 e. The van der Waals surface area contributed by atoms with Crippen molar-refractivity contribution < 1.29 is 13.6 Å². The van der Waals surface area contributed by atoms with Crippen molar-refractivity contribution in [3.05, 3.63) is 59.1 Å². The van der Waals surface area contributed by atoms with Crippen molar-refractivity contribution in [1.29, 1.82) is 0 Å². The molecule has 23 heavy (non-hydrogen) atoms. The summed E-state index contributed by atoms with van der Waals surface area (Å²) in [5, 5.41) is 5.00. The van der Waals surface area contributed by atoms with Crippen LogP contribution in [0.15, 0.2) is 47.4 Å². The molecule has 2 N–H and O–H groups in total. The molecule has 2 amide bonds. The van der Waals surface area contributed by atoms with E-state index in [4.69, 9.17) is 11.6 Å². The van der Waals surface area contributed by atoms with Crippen molar-refractivity contribution in [3.63, 3.8) is 0 Å². The summed E-state index contributed by atoms with van der Waals surface area (Å²) in [4.78, 5) is 12.6. The molecular formula is C16H15ClF2N2OS. The van der Waals surface area contributed by atoms with Gasteiger partial charge < -0.3 is 10.6 Å². The number of halogens is 3. The van der Waals surface area contributed by atoms with Gasteiger partial charge in [-0.2, -0.15) is 0 Å². The number of thioether (sulfide) groups is 1. The molecule has 0 radical (unpaired) electrons. The van der Waals surface area contributed by atoms with Crippen LogP contribution in [0.5, 0.6) is 0 Å². The zero-order valence-corrected chi connectivity index (χ0v) is 13.7. The number of carbonyl (C=O) groups excluding carboxylic acids is 1. The van der Waals surface area contributed by atoms with Gasteiger partial charge in [0.1, 0.15) is 5.82 Å². The fourth-order valence-electron chi connectivity index (χ4n) is 1.76. The second-order valence-corrected chi connectivity index (χ2v) is 6.21. The number of hydrogen-bond acceptors (Lipinski definition) is 2. The first kappa shape index (κ1) is 17.6.